The van der Waals surface area contributed by atoms with Gasteiger partial charge in [0.05, 0.1) is 20.8 Å². The van der Waals surface area contributed by atoms with Crippen molar-refractivity contribution in [3.8, 4) is 11.5 Å². The van der Waals surface area contributed by atoms with Gasteiger partial charge in [0.15, 0.2) is 0 Å². The summed E-state index contributed by atoms with van der Waals surface area (Å²) in [5.41, 5.74) is 0.836. The molecule has 1 aromatic carbocycles. The zero-order valence-electron chi connectivity index (χ0n) is 13.9. The lowest BCUT2D eigenvalue weighted by Crippen LogP contribution is -2.52. The molecule has 0 bridgehead atoms. The molecule has 1 N–H and O–H groups in total. The van der Waals surface area contributed by atoms with E-state index in [2.05, 4.69) is 5.32 Å². The van der Waals surface area contributed by atoms with Crippen LogP contribution in [0.5, 0.6) is 11.5 Å². The minimum atomic E-state index is -2.34. The summed E-state index contributed by atoms with van der Waals surface area (Å²) in [6.45, 7) is 1.89. The van der Waals surface area contributed by atoms with Crippen molar-refractivity contribution < 1.29 is 23.0 Å². The molecule has 1 saturated heterocycles. The molecule has 8 heteroatoms. The van der Waals surface area contributed by atoms with Crippen molar-refractivity contribution in [2.45, 2.75) is 13.0 Å². The Kier molecular flexibility index (Phi) is 6.60. The monoisotopic (exact) mass is 343 g/mol. The summed E-state index contributed by atoms with van der Waals surface area (Å²) in [6.07, 6.45) is -2.34. The van der Waals surface area contributed by atoms with Crippen molar-refractivity contribution in [1.29, 1.82) is 0 Å². The fraction of sp³-hybridized carbons (Fsp3) is 0.562. The first-order chi connectivity index (χ1) is 11.5. The number of nitrogens with zero attached hydrogens (tertiary/aromatic N) is 2. The van der Waals surface area contributed by atoms with Crippen LogP contribution in [-0.4, -0.2) is 69.2 Å². The van der Waals surface area contributed by atoms with Crippen LogP contribution >= 0.6 is 0 Å². The van der Waals surface area contributed by atoms with Crippen molar-refractivity contribution in [2.75, 3.05) is 46.9 Å². The van der Waals surface area contributed by atoms with Crippen LogP contribution in [-0.2, 0) is 6.54 Å². The Morgan fingerprint density at radius 1 is 1.21 bits per heavy atom. The predicted octanol–water partition coefficient (Wildman–Crippen LogP) is 1.80. The molecule has 6 nitrogen and oxygen atoms in total. The average Bonchev–Trinajstić information content (AvgIpc) is 2.59. The second-order valence-corrected chi connectivity index (χ2v) is 5.52. The van der Waals surface area contributed by atoms with E-state index in [-0.39, 0.29) is 12.6 Å². The molecule has 0 aromatic heterocycles. The number of ether oxygens (including phenoxy) is 2. The van der Waals surface area contributed by atoms with E-state index in [9.17, 15) is 13.6 Å². The zero-order chi connectivity index (χ0) is 17.5. The van der Waals surface area contributed by atoms with Crippen LogP contribution in [0.3, 0.4) is 0 Å². The first-order valence-electron chi connectivity index (χ1n) is 7.77. The molecule has 0 atom stereocenters. The number of benzene rings is 1. The van der Waals surface area contributed by atoms with Crippen LogP contribution in [0, 0.1) is 0 Å². The van der Waals surface area contributed by atoms with Gasteiger partial charge in [-0.1, -0.05) is 0 Å². The Bertz CT molecular complexity index is 549. The van der Waals surface area contributed by atoms with Gasteiger partial charge in [0.2, 0.25) is 0 Å². The summed E-state index contributed by atoms with van der Waals surface area (Å²) in [6, 6.07) is 5.18. The van der Waals surface area contributed by atoms with Gasteiger partial charge in [-0.25, -0.2) is 13.6 Å². The lowest BCUT2D eigenvalue weighted by atomic mass is 10.2. The highest BCUT2D eigenvalue weighted by Crippen LogP contribution is 2.24. The molecule has 1 aliphatic rings. The van der Waals surface area contributed by atoms with Gasteiger partial charge in [0, 0.05) is 44.4 Å². The first kappa shape index (κ1) is 18.3. The van der Waals surface area contributed by atoms with Gasteiger partial charge in [-0.3, -0.25) is 4.90 Å². The standard InChI is InChI=1S/C16H23F2N3O3/c1-23-13-4-3-12(14(9-13)24-2)10-19-16(22)21-7-5-20(6-8-21)11-15(17)18/h3-4,9,15H,5-8,10-11H2,1-2H3,(H,19,22). The SMILES string of the molecule is COc1ccc(CNC(=O)N2CCN(CC(F)F)CC2)c(OC)c1. The second kappa shape index (κ2) is 8.68. The Labute approximate surface area is 140 Å². The van der Waals surface area contributed by atoms with Crippen molar-refractivity contribution >= 4 is 6.03 Å². The van der Waals surface area contributed by atoms with E-state index in [4.69, 9.17) is 9.47 Å². The molecule has 2 rings (SSSR count). The maximum Gasteiger partial charge on any atom is 0.317 e. The molecule has 0 aliphatic carbocycles. The number of hydrogen-bond acceptors (Lipinski definition) is 4. The molecular weight excluding hydrogens is 320 g/mol. The molecule has 1 heterocycles. The maximum absolute atomic E-state index is 12.4. The quantitative estimate of drug-likeness (QED) is 0.856. The number of methoxy groups -OCH3 is 2. The van der Waals surface area contributed by atoms with Gasteiger partial charge in [0.1, 0.15) is 11.5 Å². The summed E-state index contributed by atoms with van der Waals surface area (Å²) in [5, 5.41) is 2.84. The number of nitrogens with one attached hydrogen (secondary N) is 1. The van der Waals surface area contributed by atoms with E-state index < -0.39 is 6.43 Å². The maximum atomic E-state index is 12.4. The molecule has 0 unspecified atom stereocenters. The van der Waals surface area contributed by atoms with E-state index in [1.165, 1.54) is 0 Å². The van der Waals surface area contributed by atoms with Crippen LogP contribution in [0.2, 0.25) is 0 Å². The van der Waals surface area contributed by atoms with Crippen molar-refractivity contribution in [2.24, 2.45) is 0 Å². The normalized spacial score (nSPS) is 15.5. The molecule has 1 fully saturated rings. The number of carbonyl (C=O) groups is 1. The highest BCUT2D eigenvalue weighted by molar-refractivity contribution is 5.74. The molecule has 0 spiro atoms. The number of urea groups is 1. The third-order valence-electron chi connectivity index (χ3n) is 3.98. The molecule has 24 heavy (non-hydrogen) atoms. The Morgan fingerprint density at radius 2 is 1.92 bits per heavy atom. The van der Waals surface area contributed by atoms with Gasteiger partial charge in [-0.2, -0.15) is 0 Å². The van der Waals surface area contributed by atoms with Gasteiger partial charge in [-0.05, 0) is 12.1 Å². The van der Waals surface area contributed by atoms with E-state index in [0.29, 0.717) is 44.2 Å². The largest absolute Gasteiger partial charge is 0.497 e. The summed E-state index contributed by atoms with van der Waals surface area (Å²) in [5.74, 6) is 1.31. The number of halogens is 2. The average molecular weight is 343 g/mol. The smallest absolute Gasteiger partial charge is 0.317 e. The van der Waals surface area contributed by atoms with Crippen LogP contribution in [0.4, 0.5) is 13.6 Å². The second-order valence-electron chi connectivity index (χ2n) is 5.52. The number of alkyl halides is 2. The number of carbonyl (C=O) groups excluding carboxylic acids is 1. The summed E-state index contributed by atoms with van der Waals surface area (Å²) >= 11 is 0. The molecule has 0 radical (unpaired) electrons. The third-order valence-corrected chi connectivity index (χ3v) is 3.98. The Balaban J connectivity index is 1.83. The minimum absolute atomic E-state index is 0.204. The Hall–Kier alpha value is -2.09. The van der Waals surface area contributed by atoms with Gasteiger partial charge in [0.25, 0.3) is 6.43 Å². The number of rotatable bonds is 6. The van der Waals surface area contributed by atoms with Crippen LogP contribution in [0.1, 0.15) is 5.56 Å². The summed E-state index contributed by atoms with van der Waals surface area (Å²) < 4.78 is 35.1. The Morgan fingerprint density at radius 3 is 2.50 bits per heavy atom. The van der Waals surface area contributed by atoms with Crippen LogP contribution in [0.15, 0.2) is 18.2 Å². The van der Waals surface area contributed by atoms with Gasteiger partial charge >= 0.3 is 6.03 Å². The molecule has 1 aliphatic heterocycles. The van der Waals surface area contributed by atoms with Crippen LogP contribution in [0.25, 0.3) is 0 Å². The molecular formula is C16H23F2N3O3. The van der Waals surface area contributed by atoms with Crippen LogP contribution < -0.4 is 14.8 Å². The van der Waals surface area contributed by atoms with Crippen molar-refractivity contribution in [3.05, 3.63) is 23.8 Å². The number of hydrogen-bond donors (Lipinski definition) is 1. The number of piperazine rings is 1. The topological polar surface area (TPSA) is 54.0 Å². The van der Waals surface area contributed by atoms with E-state index >= 15 is 0 Å². The highest BCUT2D eigenvalue weighted by Gasteiger charge is 2.22. The fourth-order valence-electron chi connectivity index (χ4n) is 2.61. The van der Waals surface area contributed by atoms with Crippen molar-refractivity contribution in [1.82, 2.24) is 15.1 Å². The van der Waals surface area contributed by atoms with E-state index in [1.54, 1.807) is 36.2 Å². The molecule has 1 aromatic rings. The van der Waals surface area contributed by atoms with Crippen molar-refractivity contribution in [3.63, 3.8) is 0 Å². The molecule has 0 saturated carbocycles. The summed E-state index contributed by atoms with van der Waals surface area (Å²) in [7, 11) is 3.13. The first-order valence-corrected chi connectivity index (χ1v) is 7.77. The zero-order valence-corrected chi connectivity index (χ0v) is 13.9. The minimum Gasteiger partial charge on any atom is -0.497 e. The van der Waals surface area contributed by atoms with Gasteiger partial charge < -0.3 is 19.7 Å². The number of amides is 2. The highest BCUT2D eigenvalue weighted by atomic mass is 19.3. The van der Waals surface area contributed by atoms with Gasteiger partial charge in [-0.15, -0.1) is 0 Å². The third kappa shape index (κ3) is 4.95. The molecule has 134 valence electrons. The van der Waals surface area contributed by atoms with E-state index in [0.717, 1.165) is 5.56 Å². The fourth-order valence-corrected chi connectivity index (χ4v) is 2.61. The summed E-state index contributed by atoms with van der Waals surface area (Å²) in [4.78, 5) is 15.5. The molecule has 2 amide bonds. The lowest BCUT2D eigenvalue weighted by Gasteiger charge is -2.34. The lowest BCUT2D eigenvalue weighted by molar-refractivity contribution is 0.0636. The van der Waals surface area contributed by atoms with E-state index in [1.807, 2.05) is 6.07 Å². The predicted molar refractivity (Wildman–Crippen MR) is 85.8 cm³/mol.